The number of hydrogen-bond donors (Lipinski definition) is 1. The lowest BCUT2D eigenvalue weighted by Gasteiger charge is -2.05. The van der Waals surface area contributed by atoms with Gasteiger partial charge in [0.25, 0.3) is 0 Å². The molecule has 1 N–H and O–H groups in total. The normalized spacial score (nSPS) is 10.1. The molecule has 2 rings (SSSR count). The highest BCUT2D eigenvalue weighted by Gasteiger charge is 2.00. The summed E-state index contributed by atoms with van der Waals surface area (Å²) in [5, 5.41) is 11.5. The third-order valence-corrected chi connectivity index (χ3v) is 2.47. The van der Waals surface area contributed by atoms with Crippen LogP contribution in [0.2, 0.25) is 0 Å². The number of phenols is 1. The van der Waals surface area contributed by atoms with Crippen LogP contribution < -0.4 is 0 Å². The van der Waals surface area contributed by atoms with Crippen LogP contribution in [0, 0.1) is 0 Å². The first-order valence-electron chi connectivity index (χ1n) is 4.76. The molecule has 15 heavy (non-hydrogen) atoms. The number of rotatable bonds is 2. The van der Waals surface area contributed by atoms with E-state index in [2.05, 4.69) is 13.2 Å². The van der Waals surface area contributed by atoms with Gasteiger partial charge < -0.3 is 5.11 Å². The standard InChI is InChI=1S/C14H12O/c1-3-10-7-12-5-6-14(15)9-13(12)8-11(10)4-2/h3-9,15H,1-2H2. The Hall–Kier alpha value is -2.02. The summed E-state index contributed by atoms with van der Waals surface area (Å²) in [5.41, 5.74) is 2.09. The smallest absolute Gasteiger partial charge is 0.116 e. The number of benzene rings is 2. The van der Waals surface area contributed by atoms with E-state index in [1.54, 1.807) is 18.2 Å². The van der Waals surface area contributed by atoms with Crippen molar-refractivity contribution in [2.24, 2.45) is 0 Å². The molecule has 0 heterocycles. The molecule has 1 heteroatoms. The van der Waals surface area contributed by atoms with E-state index in [1.807, 2.05) is 24.3 Å². The summed E-state index contributed by atoms with van der Waals surface area (Å²) in [6.45, 7) is 7.53. The van der Waals surface area contributed by atoms with Crippen molar-refractivity contribution >= 4 is 22.9 Å². The van der Waals surface area contributed by atoms with Crippen molar-refractivity contribution < 1.29 is 5.11 Å². The summed E-state index contributed by atoms with van der Waals surface area (Å²) >= 11 is 0. The van der Waals surface area contributed by atoms with Gasteiger partial charge in [0.05, 0.1) is 0 Å². The first-order valence-corrected chi connectivity index (χ1v) is 4.76. The molecule has 0 radical (unpaired) electrons. The first-order chi connectivity index (χ1) is 7.24. The molecule has 0 bridgehead atoms. The monoisotopic (exact) mass is 196 g/mol. The molecule has 0 atom stereocenters. The minimum Gasteiger partial charge on any atom is -0.508 e. The molecule has 0 amide bonds. The van der Waals surface area contributed by atoms with Gasteiger partial charge >= 0.3 is 0 Å². The lowest BCUT2D eigenvalue weighted by atomic mass is 10.0. The van der Waals surface area contributed by atoms with Crippen molar-refractivity contribution in [2.45, 2.75) is 0 Å². The molecular formula is C14H12O. The lowest BCUT2D eigenvalue weighted by molar-refractivity contribution is 0.476. The highest BCUT2D eigenvalue weighted by atomic mass is 16.3. The fourth-order valence-electron chi connectivity index (χ4n) is 1.67. The van der Waals surface area contributed by atoms with E-state index >= 15 is 0 Å². The average molecular weight is 196 g/mol. The van der Waals surface area contributed by atoms with Crippen LogP contribution in [0.5, 0.6) is 5.75 Å². The number of aromatic hydroxyl groups is 1. The number of hydrogen-bond acceptors (Lipinski definition) is 1. The Balaban J connectivity index is 2.80. The van der Waals surface area contributed by atoms with Gasteiger partial charge in [0.15, 0.2) is 0 Å². The SMILES string of the molecule is C=Cc1cc2ccc(O)cc2cc1C=C. The second kappa shape index (κ2) is 3.62. The van der Waals surface area contributed by atoms with Gasteiger partial charge in [-0.15, -0.1) is 0 Å². The van der Waals surface area contributed by atoms with Crippen LogP contribution in [-0.2, 0) is 0 Å². The molecule has 2 aromatic carbocycles. The number of phenolic OH excluding ortho intramolecular Hbond substituents is 1. The van der Waals surface area contributed by atoms with Crippen LogP contribution in [0.3, 0.4) is 0 Å². The maximum Gasteiger partial charge on any atom is 0.116 e. The van der Waals surface area contributed by atoms with Crippen molar-refractivity contribution in [1.29, 1.82) is 0 Å². The van der Waals surface area contributed by atoms with Crippen molar-refractivity contribution in [3.8, 4) is 5.75 Å². The average Bonchev–Trinajstić information content (AvgIpc) is 2.27. The van der Waals surface area contributed by atoms with Gasteiger partial charge in [0, 0.05) is 0 Å². The van der Waals surface area contributed by atoms with Crippen molar-refractivity contribution in [3.05, 3.63) is 54.6 Å². The maximum atomic E-state index is 9.37. The fraction of sp³-hybridized carbons (Fsp3) is 0. The molecule has 0 saturated heterocycles. The third-order valence-electron chi connectivity index (χ3n) is 2.47. The molecular weight excluding hydrogens is 184 g/mol. The van der Waals surface area contributed by atoms with E-state index < -0.39 is 0 Å². The Kier molecular flexibility index (Phi) is 2.30. The Morgan fingerprint density at radius 3 is 2.07 bits per heavy atom. The van der Waals surface area contributed by atoms with Gasteiger partial charge in [-0.2, -0.15) is 0 Å². The van der Waals surface area contributed by atoms with Gasteiger partial charge in [-0.1, -0.05) is 31.4 Å². The van der Waals surface area contributed by atoms with E-state index in [-0.39, 0.29) is 5.75 Å². The minimum absolute atomic E-state index is 0.281. The predicted octanol–water partition coefficient (Wildman–Crippen LogP) is 3.83. The lowest BCUT2D eigenvalue weighted by Crippen LogP contribution is -1.82. The summed E-state index contributed by atoms with van der Waals surface area (Å²) in [7, 11) is 0. The van der Waals surface area contributed by atoms with Gasteiger partial charge in [0.1, 0.15) is 5.75 Å². The molecule has 0 aromatic heterocycles. The molecule has 1 nitrogen and oxygen atoms in total. The summed E-state index contributed by atoms with van der Waals surface area (Å²) < 4.78 is 0. The van der Waals surface area contributed by atoms with E-state index in [1.165, 1.54) is 0 Å². The topological polar surface area (TPSA) is 20.2 Å². The highest BCUT2D eigenvalue weighted by molar-refractivity contribution is 5.89. The summed E-state index contributed by atoms with van der Waals surface area (Å²) in [6, 6.07) is 9.36. The molecule has 2 aromatic rings. The van der Waals surface area contributed by atoms with E-state index in [0.717, 1.165) is 21.9 Å². The second-order valence-electron chi connectivity index (χ2n) is 3.42. The quantitative estimate of drug-likeness (QED) is 0.773. The zero-order valence-corrected chi connectivity index (χ0v) is 8.40. The first kappa shape index (κ1) is 9.53. The van der Waals surface area contributed by atoms with E-state index in [9.17, 15) is 5.11 Å². The Bertz CT molecular complexity index is 538. The van der Waals surface area contributed by atoms with Gasteiger partial charge in [0.2, 0.25) is 0 Å². The molecule has 0 spiro atoms. The number of fused-ring (bicyclic) bond motifs is 1. The predicted molar refractivity (Wildman–Crippen MR) is 65.8 cm³/mol. The Morgan fingerprint density at radius 1 is 0.867 bits per heavy atom. The molecule has 0 aliphatic heterocycles. The molecule has 0 unspecified atom stereocenters. The van der Waals surface area contributed by atoms with Crippen LogP contribution in [-0.4, -0.2) is 5.11 Å². The van der Waals surface area contributed by atoms with Gasteiger partial charge in [-0.25, -0.2) is 0 Å². The second-order valence-corrected chi connectivity index (χ2v) is 3.42. The van der Waals surface area contributed by atoms with Crippen LogP contribution in [0.15, 0.2) is 43.5 Å². The van der Waals surface area contributed by atoms with E-state index in [4.69, 9.17) is 0 Å². The van der Waals surface area contributed by atoms with Gasteiger partial charge in [-0.05, 0) is 46.2 Å². The van der Waals surface area contributed by atoms with E-state index in [0.29, 0.717) is 0 Å². The fourth-order valence-corrected chi connectivity index (χ4v) is 1.67. The zero-order valence-electron chi connectivity index (χ0n) is 8.40. The maximum absolute atomic E-state index is 9.37. The van der Waals surface area contributed by atoms with Crippen LogP contribution in [0.1, 0.15) is 11.1 Å². The summed E-state index contributed by atoms with van der Waals surface area (Å²) in [5.74, 6) is 0.281. The minimum atomic E-state index is 0.281. The summed E-state index contributed by atoms with van der Waals surface area (Å²) in [6.07, 6.45) is 3.60. The largest absolute Gasteiger partial charge is 0.508 e. The Morgan fingerprint density at radius 2 is 1.47 bits per heavy atom. The summed E-state index contributed by atoms with van der Waals surface area (Å²) in [4.78, 5) is 0. The molecule has 74 valence electrons. The van der Waals surface area contributed by atoms with Gasteiger partial charge in [-0.3, -0.25) is 0 Å². The zero-order chi connectivity index (χ0) is 10.8. The van der Waals surface area contributed by atoms with Crippen LogP contribution in [0.4, 0.5) is 0 Å². The van der Waals surface area contributed by atoms with Crippen molar-refractivity contribution in [3.63, 3.8) is 0 Å². The molecule has 0 saturated carbocycles. The third kappa shape index (κ3) is 1.64. The molecule has 0 aliphatic rings. The Labute approximate surface area is 89.0 Å². The van der Waals surface area contributed by atoms with Crippen molar-refractivity contribution in [2.75, 3.05) is 0 Å². The molecule has 0 aliphatic carbocycles. The highest BCUT2D eigenvalue weighted by Crippen LogP contribution is 2.25. The molecule has 0 fully saturated rings. The van der Waals surface area contributed by atoms with Crippen LogP contribution in [0.25, 0.3) is 22.9 Å². The van der Waals surface area contributed by atoms with Crippen molar-refractivity contribution in [1.82, 2.24) is 0 Å². The van der Waals surface area contributed by atoms with Crippen LogP contribution >= 0.6 is 0 Å².